The summed E-state index contributed by atoms with van der Waals surface area (Å²) in [5.74, 6) is 0.898. The third-order valence-electron chi connectivity index (χ3n) is 1.71. The molecule has 2 rings (SSSR count). The Bertz CT molecular complexity index is 230. The minimum absolute atomic E-state index is 0.898. The number of hydrogen-bond donors (Lipinski definition) is 2. The zero-order valence-corrected chi connectivity index (χ0v) is 13.5. The lowest BCUT2D eigenvalue weighted by molar-refractivity contribution is 0.399. The maximum Gasteiger partial charge on any atom is 0.0319 e. The molecule has 1 aromatic carbocycles. The molecule has 1 fully saturated rings. The van der Waals surface area contributed by atoms with Crippen molar-refractivity contribution >= 4 is 12.6 Å². The van der Waals surface area contributed by atoms with Gasteiger partial charge < -0.3 is 5.11 Å². The van der Waals surface area contributed by atoms with Gasteiger partial charge in [0, 0.05) is 12.0 Å². The van der Waals surface area contributed by atoms with Gasteiger partial charge in [0.05, 0.1) is 0 Å². The minimum Gasteiger partial charge on any atom is -0.400 e. The molecular weight excluding hydrogens is 240 g/mol. The molecule has 1 nitrogen and oxygen atoms in total. The van der Waals surface area contributed by atoms with Gasteiger partial charge in [-0.1, -0.05) is 52.0 Å². The van der Waals surface area contributed by atoms with Crippen LogP contribution in [-0.4, -0.2) is 12.2 Å². The van der Waals surface area contributed by atoms with Crippen molar-refractivity contribution in [3.63, 3.8) is 0 Å². The van der Waals surface area contributed by atoms with Crippen LogP contribution in [0.2, 0.25) is 0 Å². The molecule has 106 valence electrons. The fourth-order valence-electron chi connectivity index (χ4n) is 0.760. The molecule has 2 heteroatoms. The molecule has 0 amide bonds. The van der Waals surface area contributed by atoms with Gasteiger partial charge in [-0.15, -0.1) is 19.2 Å². The summed E-state index contributed by atoms with van der Waals surface area (Å²) in [6, 6.07) is 9.79. The molecule has 18 heavy (non-hydrogen) atoms. The van der Waals surface area contributed by atoms with E-state index in [-0.39, 0.29) is 0 Å². The normalized spacial score (nSPS) is 10.6. The highest BCUT2D eigenvalue weighted by Crippen LogP contribution is 2.28. The number of aliphatic hydroxyl groups excluding tert-OH is 1. The molecule has 0 saturated heterocycles. The smallest absolute Gasteiger partial charge is 0.0319 e. The fraction of sp³-hybridized carbons (Fsp3) is 0.500. The molecule has 0 spiro atoms. The van der Waals surface area contributed by atoms with Crippen molar-refractivity contribution < 1.29 is 5.11 Å². The Morgan fingerprint density at radius 3 is 1.56 bits per heavy atom. The van der Waals surface area contributed by atoms with Crippen molar-refractivity contribution in [1.29, 1.82) is 0 Å². The minimum atomic E-state index is 0.898. The number of benzene rings is 1. The number of hydrogen-bond acceptors (Lipinski definition) is 2. The van der Waals surface area contributed by atoms with Crippen molar-refractivity contribution in [3.8, 4) is 0 Å². The van der Waals surface area contributed by atoms with Crippen LogP contribution in [0.1, 0.15) is 40.5 Å². The molecule has 1 saturated carbocycles. The predicted molar refractivity (Wildman–Crippen MR) is 87.5 cm³/mol. The van der Waals surface area contributed by atoms with E-state index in [9.17, 15) is 0 Å². The third-order valence-corrected chi connectivity index (χ3v) is 2.01. The second kappa shape index (κ2) is 21.5. The molecule has 0 aliphatic heterocycles. The van der Waals surface area contributed by atoms with Crippen molar-refractivity contribution in [2.24, 2.45) is 5.92 Å². The molecule has 1 aromatic rings. The summed E-state index contributed by atoms with van der Waals surface area (Å²) in [6.45, 7) is 11.6. The van der Waals surface area contributed by atoms with Gasteiger partial charge in [0.2, 0.25) is 0 Å². The molecule has 1 N–H and O–H groups in total. The van der Waals surface area contributed by atoms with E-state index in [1.54, 1.807) is 0 Å². The largest absolute Gasteiger partial charge is 0.400 e. The first-order chi connectivity index (χ1) is 8.83. The first-order valence-electron chi connectivity index (χ1n) is 6.64. The highest BCUT2D eigenvalue weighted by Gasteiger charge is 2.15. The van der Waals surface area contributed by atoms with E-state index in [0.717, 1.165) is 17.9 Å². The molecule has 0 heterocycles. The average molecular weight is 270 g/mol. The van der Waals surface area contributed by atoms with Crippen LogP contribution in [0.5, 0.6) is 0 Å². The maximum atomic E-state index is 7.00. The number of allylic oxidation sites excluding steroid dienone is 1. The van der Waals surface area contributed by atoms with Crippen LogP contribution in [0.15, 0.2) is 47.9 Å². The van der Waals surface area contributed by atoms with Crippen LogP contribution in [0.25, 0.3) is 0 Å². The second-order valence-corrected chi connectivity index (χ2v) is 3.43. The number of aliphatic hydroxyl groups is 1. The Morgan fingerprint density at radius 2 is 1.44 bits per heavy atom. The van der Waals surface area contributed by atoms with E-state index in [4.69, 9.17) is 5.11 Å². The lowest BCUT2D eigenvalue weighted by atomic mass is 10.4. The average Bonchev–Trinajstić information content (AvgIpc) is 3.31. The van der Waals surface area contributed by atoms with Gasteiger partial charge in [0.1, 0.15) is 0 Å². The summed E-state index contributed by atoms with van der Waals surface area (Å²) in [4.78, 5) is 1.02. The Labute approximate surface area is 119 Å². The molecular formula is C16H30OS. The number of thiol groups is 1. The summed E-state index contributed by atoms with van der Waals surface area (Å²) in [5, 5.41) is 7.00. The van der Waals surface area contributed by atoms with Gasteiger partial charge >= 0.3 is 0 Å². The van der Waals surface area contributed by atoms with Crippen molar-refractivity contribution in [2.45, 2.75) is 45.4 Å². The Morgan fingerprint density at radius 1 is 1.06 bits per heavy atom. The van der Waals surface area contributed by atoms with Crippen molar-refractivity contribution in [1.82, 2.24) is 0 Å². The van der Waals surface area contributed by atoms with E-state index < -0.39 is 0 Å². The molecule has 0 aromatic heterocycles. The van der Waals surface area contributed by atoms with Crippen LogP contribution in [0.4, 0.5) is 0 Å². The summed E-state index contributed by atoms with van der Waals surface area (Å²) in [6.07, 6.45) is 4.81. The zero-order chi connectivity index (χ0) is 14.8. The topological polar surface area (TPSA) is 20.2 Å². The standard InChI is InChI=1S/C6H6S.C5H8.2C2H6.CH4O/c7-6-4-2-1-3-5-6;1-2-5-3-4-5;3*1-2/h1-5,7H;2,5H,1,3-4H2;2*1-2H3;2H,1H3. The van der Waals surface area contributed by atoms with Crippen LogP contribution in [0, 0.1) is 5.92 Å². The molecule has 0 unspecified atom stereocenters. The fourth-order valence-corrected chi connectivity index (χ4v) is 0.932. The van der Waals surface area contributed by atoms with E-state index in [1.807, 2.05) is 64.1 Å². The van der Waals surface area contributed by atoms with Crippen LogP contribution >= 0.6 is 12.6 Å². The van der Waals surface area contributed by atoms with E-state index >= 15 is 0 Å². The highest BCUT2D eigenvalue weighted by atomic mass is 32.1. The summed E-state index contributed by atoms with van der Waals surface area (Å²) in [5.41, 5.74) is 0. The van der Waals surface area contributed by atoms with Gasteiger partial charge in [-0.3, -0.25) is 0 Å². The number of rotatable bonds is 1. The lowest BCUT2D eigenvalue weighted by Crippen LogP contribution is -1.56. The summed E-state index contributed by atoms with van der Waals surface area (Å²) >= 11 is 4.08. The second-order valence-electron chi connectivity index (χ2n) is 2.91. The first-order valence-corrected chi connectivity index (χ1v) is 7.09. The monoisotopic (exact) mass is 270 g/mol. The van der Waals surface area contributed by atoms with E-state index in [0.29, 0.717) is 0 Å². The van der Waals surface area contributed by atoms with E-state index in [1.165, 1.54) is 12.8 Å². The SMILES string of the molecule is C=CC1CC1.CC.CC.CO.Sc1ccccc1. The quantitative estimate of drug-likeness (QED) is 0.529. The van der Waals surface area contributed by atoms with Gasteiger partial charge in [-0.25, -0.2) is 0 Å². The molecule has 0 bridgehead atoms. The molecule has 0 radical (unpaired) electrons. The lowest BCUT2D eigenvalue weighted by Gasteiger charge is -1.81. The van der Waals surface area contributed by atoms with Gasteiger partial charge in [-0.05, 0) is 30.9 Å². The third kappa shape index (κ3) is 20.7. The van der Waals surface area contributed by atoms with Crippen LogP contribution < -0.4 is 0 Å². The Hall–Kier alpha value is -0.730. The Kier molecular flexibility index (Phi) is 26.9. The summed E-state index contributed by atoms with van der Waals surface area (Å²) < 4.78 is 0. The first kappa shape index (κ1) is 22.5. The van der Waals surface area contributed by atoms with Gasteiger partial charge in [-0.2, -0.15) is 0 Å². The highest BCUT2D eigenvalue weighted by molar-refractivity contribution is 7.80. The van der Waals surface area contributed by atoms with Gasteiger partial charge in [0.15, 0.2) is 0 Å². The zero-order valence-electron chi connectivity index (χ0n) is 12.6. The van der Waals surface area contributed by atoms with Crippen molar-refractivity contribution in [2.75, 3.05) is 7.11 Å². The molecule has 1 aliphatic rings. The summed E-state index contributed by atoms with van der Waals surface area (Å²) in [7, 11) is 1.00. The van der Waals surface area contributed by atoms with E-state index in [2.05, 4.69) is 19.2 Å². The van der Waals surface area contributed by atoms with Crippen molar-refractivity contribution in [3.05, 3.63) is 43.0 Å². The maximum absolute atomic E-state index is 7.00. The van der Waals surface area contributed by atoms with Gasteiger partial charge in [0.25, 0.3) is 0 Å². The molecule has 1 aliphatic carbocycles. The molecule has 0 atom stereocenters. The van der Waals surface area contributed by atoms with Crippen LogP contribution in [-0.2, 0) is 0 Å². The van der Waals surface area contributed by atoms with Crippen LogP contribution in [0.3, 0.4) is 0 Å². The predicted octanol–water partition coefficient (Wildman–Crippen LogP) is 5.22. The Balaban J connectivity index is -0.000000181.